The number of nitrogens with one attached hydrogen (secondary N) is 1. The molecule has 1 N–H and O–H groups in total. The van der Waals surface area contributed by atoms with Crippen LogP contribution in [0.2, 0.25) is 0 Å². The third-order valence-corrected chi connectivity index (χ3v) is 4.30. The lowest BCUT2D eigenvalue weighted by molar-refractivity contribution is -0.118. The van der Waals surface area contributed by atoms with Gasteiger partial charge >= 0.3 is 5.63 Å². The lowest BCUT2D eigenvalue weighted by Gasteiger charge is -2.21. The highest BCUT2D eigenvalue weighted by Crippen LogP contribution is 2.26. The van der Waals surface area contributed by atoms with Crippen LogP contribution in [0.5, 0.6) is 0 Å². The van der Waals surface area contributed by atoms with E-state index in [1.807, 2.05) is 19.9 Å². The second kappa shape index (κ2) is 6.54. The van der Waals surface area contributed by atoms with Crippen molar-refractivity contribution in [2.24, 2.45) is 5.92 Å². The molecule has 2 heterocycles. The molecule has 0 saturated carbocycles. The monoisotopic (exact) mass is 315 g/mol. The zero-order valence-corrected chi connectivity index (χ0v) is 13.5. The first-order valence-electron chi connectivity index (χ1n) is 7.95. The van der Waals surface area contributed by atoms with Crippen LogP contribution in [0.1, 0.15) is 30.4 Å². The number of hydrogen-bond acceptors (Lipinski definition) is 4. The Bertz CT molecular complexity index is 787. The van der Waals surface area contributed by atoms with Crippen molar-refractivity contribution < 1.29 is 13.9 Å². The Morgan fingerprint density at radius 2 is 2.09 bits per heavy atom. The van der Waals surface area contributed by atoms with Crippen LogP contribution >= 0.6 is 0 Å². The second-order valence-corrected chi connectivity index (χ2v) is 6.25. The van der Waals surface area contributed by atoms with Crippen molar-refractivity contribution in [3.05, 3.63) is 39.7 Å². The van der Waals surface area contributed by atoms with Crippen molar-refractivity contribution in [2.75, 3.05) is 18.5 Å². The summed E-state index contributed by atoms with van der Waals surface area (Å²) in [5.41, 5.74) is 2.66. The fraction of sp³-hybridized carbons (Fsp3) is 0.444. The molecule has 1 amide bonds. The number of fused-ring (bicyclic) bond motifs is 1. The van der Waals surface area contributed by atoms with E-state index in [-0.39, 0.29) is 11.5 Å². The molecule has 2 aromatic rings. The summed E-state index contributed by atoms with van der Waals surface area (Å²) in [5.74, 6) is 0.294. The number of carbonyl (C=O) groups excluding carboxylic acids is 1. The topological polar surface area (TPSA) is 68.5 Å². The minimum Gasteiger partial charge on any atom is -0.423 e. The molecule has 0 radical (unpaired) electrons. The Balaban J connectivity index is 1.80. The Morgan fingerprint density at radius 1 is 1.26 bits per heavy atom. The molecule has 0 spiro atoms. The highest BCUT2D eigenvalue weighted by atomic mass is 16.5. The van der Waals surface area contributed by atoms with Gasteiger partial charge in [-0.3, -0.25) is 4.79 Å². The molecule has 0 bridgehead atoms. The van der Waals surface area contributed by atoms with E-state index >= 15 is 0 Å². The van der Waals surface area contributed by atoms with Gasteiger partial charge in [0.1, 0.15) is 5.58 Å². The number of amides is 1. The lowest BCUT2D eigenvalue weighted by Crippen LogP contribution is -2.23. The average molecular weight is 315 g/mol. The van der Waals surface area contributed by atoms with Crippen LogP contribution in [0.4, 0.5) is 5.69 Å². The normalized spacial score (nSPS) is 18.1. The second-order valence-electron chi connectivity index (χ2n) is 6.25. The van der Waals surface area contributed by atoms with E-state index < -0.39 is 0 Å². The molecule has 1 saturated heterocycles. The predicted octanol–water partition coefficient (Wildman–Crippen LogP) is 3.17. The molecule has 1 aliphatic heterocycles. The molecule has 1 unspecified atom stereocenters. The van der Waals surface area contributed by atoms with Gasteiger partial charge in [-0.2, -0.15) is 0 Å². The van der Waals surface area contributed by atoms with Crippen LogP contribution in [0, 0.1) is 19.8 Å². The van der Waals surface area contributed by atoms with Gasteiger partial charge in [0.05, 0.1) is 0 Å². The Morgan fingerprint density at radius 3 is 2.83 bits per heavy atom. The Kier molecular flexibility index (Phi) is 4.48. The molecule has 0 aliphatic carbocycles. The van der Waals surface area contributed by atoms with Gasteiger partial charge in [-0.15, -0.1) is 0 Å². The maximum atomic E-state index is 12.3. The molecule has 1 aliphatic rings. The highest BCUT2D eigenvalue weighted by Gasteiger charge is 2.18. The van der Waals surface area contributed by atoms with Crippen molar-refractivity contribution >= 4 is 22.6 Å². The van der Waals surface area contributed by atoms with E-state index in [2.05, 4.69) is 5.32 Å². The first-order chi connectivity index (χ1) is 11.0. The van der Waals surface area contributed by atoms with Gasteiger partial charge in [-0.25, -0.2) is 4.79 Å². The van der Waals surface area contributed by atoms with Crippen molar-refractivity contribution in [1.82, 2.24) is 0 Å². The summed E-state index contributed by atoms with van der Waals surface area (Å²) >= 11 is 0. The maximum absolute atomic E-state index is 12.3. The van der Waals surface area contributed by atoms with E-state index in [1.165, 1.54) is 6.07 Å². The van der Waals surface area contributed by atoms with Crippen LogP contribution in [0.15, 0.2) is 27.4 Å². The van der Waals surface area contributed by atoms with Gasteiger partial charge in [0, 0.05) is 36.8 Å². The van der Waals surface area contributed by atoms with Gasteiger partial charge in [0.2, 0.25) is 5.91 Å². The van der Waals surface area contributed by atoms with Gasteiger partial charge in [-0.1, -0.05) is 0 Å². The molecule has 1 aromatic carbocycles. The van der Waals surface area contributed by atoms with Crippen LogP contribution in [0.3, 0.4) is 0 Å². The summed E-state index contributed by atoms with van der Waals surface area (Å²) in [6.45, 7) is 5.21. The van der Waals surface area contributed by atoms with Crippen molar-refractivity contribution in [2.45, 2.75) is 33.1 Å². The zero-order valence-electron chi connectivity index (χ0n) is 13.5. The molecule has 5 heteroatoms. The van der Waals surface area contributed by atoms with E-state index in [1.54, 1.807) is 6.07 Å². The maximum Gasteiger partial charge on any atom is 0.336 e. The van der Waals surface area contributed by atoms with Crippen molar-refractivity contribution in [3.63, 3.8) is 0 Å². The summed E-state index contributed by atoms with van der Waals surface area (Å²) in [6, 6.07) is 5.13. The molecule has 1 atom stereocenters. The highest BCUT2D eigenvalue weighted by molar-refractivity contribution is 5.95. The van der Waals surface area contributed by atoms with E-state index in [0.29, 0.717) is 24.5 Å². The predicted molar refractivity (Wildman–Crippen MR) is 88.7 cm³/mol. The number of hydrogen-bond donors (Lipinski definition) is 1. The molecular formula is C18H21NO4. The molecule has 1 fully saturated rings. The van der Waals surface area contributed by atoms with Crippen LogP contribution < -0.4 is 10.9 Å². The quantitative estimate of drug-likeness (QED) is 0.883. The fourth-order valence-corrected chi connectivity index (χ4v) is 3.03. The number of benzene rings is 1. The van der Waals surface area contributed by atoms with E-state index in [4.69, 9.17) is 9.15 Å². The molecule has 5 nitrogen and oxygen atoms in total. The van der Waals surface area contributed by atoms with E-state index in [9.17, 15) is 9.59 Å². The summed E-state index contributed by atoms with van der Waals surface area (Å²) in [6.07, 6.45) is 2.53. The van der Waals surface area contributed by atoms with Gasteiger partial charge in [0.15, 0.2) is 0 Å². The third kappa shape index (κ3) is 3.62. The fourth-order valence-electron chi connectivity index (χ4n) is 3.03. The van der Waals surface area contributed by atoms with Crippen molar-refractivity contribution in [1.29, 1.82) is 0 Å². The first kappa shape index (κ1) is 15.7. The van der Waals surface area contributed by atoms with Crippen LogP contribution in [0.25, 0.3) is 11.0 Å². The third-order valence-electron chi connectivity index (χ3n) is 4.30. The standard InChI is InChI=1S/C18H21NO4/c1-11-7-18(21)23-16-6-12(2)15(9-14(11)16)19-17(20)8-13-4-3-5-22-10-13/h6-7,9,13H,3-5,8,10H2,1-2H3,(H,19,20). The van der Waals surface area contributed by atoms with Gasteiger partial charge < -0.3 is 14.5 Å². The van der Waals surface area contributed by atoms with Gasteiger partial charge in [0.25, 0.3) is 0 Å². The van der Waals surface area contributed by atoms with Crippen molar-refractivity contribution in [3.8, 4) is 0 Å². The zero-order chi connectivity index (χ0) is 16.4. The SMILES string of the molecule is Cc1cc2oc(=O)cc(C)c2cc1NC(=O)CC1CCCOC1. The van der Waals surface area contributed by atoms with Gasteiger partial charge in [-0.05, 0) is 55.9 Å². The van der Waals surface area contributed by atoms with Crippen LogP contribution in [-0.2, 0) is 9.53 Å². The summed E-state index contributed by atoms with van der Waals surface area (Å²) in [5, 5.41) is 3.82. The number of rotatable bonds is 3. The molecule has 23 heavy (non-hydrogen) atoms. The Labute approximate surface area is 134 Å². The number of carbonyl (C=O) groups is 1. The largest absolute Gasteiger partial charge is 0.423 e. The van der Waals surface area contributed by atoms with E-state index in [0.717, 1.165) is 41.6 Å². The lowest BCUT2D eigenvalue weighted by atomic mass is 9.98. The Hall–Kier alpha value is -2.14. The number of aryl methyl sites for hydroxylation is 2. The minimum absolute atomic E-state index is 0.00186. The molecule has 1 aromatic heterocycles. The first-order valence-corrected chi connectivity index (χ1v) is 7.95. The summed E-state index contributed by atoms with van der Waals surface area (Å²) < 4.78 is 10.6. The average Bonchev–Trinajstić information content (AvgIpc) is 2.49. The smallest absolute Gasteiger partial charge is 0.336 e. The number of anilines is 1. The van der Waals surface area contributed by atoms with Crippen LogP contribution in [-0.4, -0.2) is 19.1 Å². The molecular weight excluding hydrogens is 294 g/mol. The number of ether oxygens (including phenoxy) is 1. The summed E-state index contributed by atoms with van der Waals surface area (Å²) in [4.78, 5) is 23.7. The summed E-state index contributed by atoms with van der Waals surface area (Å²) in [7, 11) is 0. The minimum atomic E-state index is -0.358. The molecule has 3 rings (SSSR count). The molecule has 122 valence electrons.